The monoisotopic (exact) mass is 203 g/mol. The summed E-state index contributed by atoms with van der Waals surface area (Å²) in [4.78, 5) is 0. The van der Waals surface area contributed by atoms with Crippen molar-refractivity contribution in [2.24, 2.45) is 5.73 Å². The SMILES string of the molecule is COc1cc(O)c(F)c(C(C)N)c1F. The van der Waals surface area contributed by atoms with Crippen LogP contribution in [-0.2, 0) is 0 Å². The Hall–Kier alpha value is -1.36. The van der Waals surface area contributed by atoms with Crippen LogP contribution in [0.25, 0.3) is 0 Å². The molecule has 0 fully saturated rings. The molecule has 1 aromatic rings. The zero-order valence-electron chi connectivity index (χ0n) is 7.84. The summed E-state index contributed by atoms with van der Waals surface area (Å²) in [5.41, 5.74) is 4.99. The third-order valence-electron chi connectivity index (χ3n) is 1.86. The Labute approximate surface area is 80.1 Å². The van der Waals surface area contributed by atoms with E-state index in [0.717, 1.165) is 6.07 Å². The second kappa shape index (κ2) is 3.79. The molecule has 0 heterocycles. The largest absolute Gasteiger partial charge is 0.505 e. The number of aromatic hydroxyl groups is 1. The van der Waals surface area contributed by atoms with Gasteiger partial charge in [0.25, 0.3) is 0 Å². The fraction of sp³-hybridized carbons (Fsp3) is 0.333. The van der Waals surface area contributed by atoms with Crippen molar-refractivity contribution >= 4 is 0 Å². The van der Waals surface area contributed by atoms with Crippen molar-refractivity contribution < 1.29 is 18.6 Å². The van der Waals surface area contributed by atoms with Gasteiger partial charge in [0.15, 0.2) is 23.1 Å². The lowest BCUT2D eigenvalue weighted by atomic mass is 10.1. The Morgan fingerprint density at radius 1 is 1.43 bits per heavy atom. The summed E-state index contributed by atoms with van der Waals surface area (Å²) in [6, 6.07) is 0.0206. The van der Waals surface area contributed by atoms with Gasteiger partial charge in [-0.25, -0.2) is 8.78 Å². The van der Waals surface area contributed by atoms with Crippen LogP contribution in [0.2, 0.25) is 0 Å². The second-order valence-electron chi connectivity index (χ2n) is 2.93. The van der Waals surface area contributed by atoms with E-state index >= 15 is 0 Å². The number of phenols is 1. The summed E-state index contributed by atoms with van der Waals surface area (Å²) in [6.45, 7) is 1.42. The minimum Gasteiger partial charge on any atom is -0.505 e. The molecule has 0 aliphatic carbocycles. The van der Waals surface area contributed by atoms with Crippen LogP contribution in [0.15, 0.2) is 6.07 Å². The highest BCUT2D eigenvalue weighted by Gasteiger charge is 2.21. The van der Waals surface area contributed by atoms with Crippen molar-refractivity contribution in [1.29, 1.82) is 0 Å². The number of phenolic OH excluding ortho intramolecular Hbond substituents is 1. The van der Waals surface area contributed by atoms with Crippen LogP contribution in [0.3, 0.4) is 0 Å². The van der Waals surface area contributed by atoms with E-state index in [1.165, 1.54) is 14.0 Å². The van der Waals surface area contributed by atoms with Crippen molar-refractivity contribution in [3.63, 3.8) is 0 Å². The standard InChI is InChI=1S/C9H11F2NO2/c1-4(12)7-8(10)5(13)3-6(14-2)9(7)11/h3-4,13H,12H2,1-2H3. The average molecular weight is 203 g/mol. The number of methoxy groups -OCH3 is 1. The molecule has 5 heteroatoms. The highest BCUT2D eigenvalue weighted by Crippen LogP contribution is 2.32. The molecule has 0 spiro atoms. The number of ether oxygens (including phenoxy) is 1. The van der Waals surface area contributed by atoms with E-state index in [-0.39, 0.29) is 11.3 Å². The smallest absolute Gasteiger partial charge is 0.173 e. The van der Waals surface area contributed by atoms with Crippen LogP contribution in [0.4, 0.5) is 8.78 Å². The van der Waals surface area contributed by atoms with Crippen LogP contribution in [0.1, 0.15) is 18.5 Å². The van der Waals surface area contributed by atoms with Gasteiger partial charge < -0.3 is 15.6 Å². The van der Waals surface area contributed by atoms with Crippen molar-refractivity contribution in [3.8, 4) is 11.5 Å². The van der Waals surface area contributed by atoms with Gasteiger partial charge in [0.1, 0.15) is 0 Å². The molecule has 1 rings (SSSR count). The van der Waals surface area contributed by atoms with Gasteiger partial charge in [-0.2, -0.15) is 0 Å². The maximum Gasteiger partial charge on any atom is 0.173 e. The normalized spacial score (nSPS) is 12.6. The van der Waals surface area contributed by atoms with E-state index in [4.69, 9.17) is 10.8 Å². The van der Waals surface area contributed by atoms with E-state index in [2.05, 4.69) is 4.74 Å². The third kappa shape index (κ3) is 1.63. The first-order chi connectivity index (χ1) is 6.49. The van der Waals surface area contributed by atoms with E-state index in [1.54, 1.807) is 0 Å². The maximum absolute atomic E-state index is 13.4. The van der Waals surface area contributed by atoms with E-state index in [0.29, 0.717) is 0 Å². The van der Waals surface area contributed by atoms with Crippen molar-refractivity contribution in [2.45, 2.75) is 13.0 Å². The molecule has 1 aromatic carbocycles. The van der Waals surface area contributed by atoms with Gasteiger partial charge in [0.05, 0.1) is 7.11 Å². The lowest BCUT2D eigenvalue weighted by Crippen LogP contribution is -2.11. The first-order valence-electron chi connectivity index (χ1n) is 3.99. The molecule has 1 atom stereocenters. The lowest BCUT2D eigenvalue weighted by molar-refractivity contribution is 0.363. The number of benzene rings is 1. The third-order valence-corrected chi connectivity index (χ3v) is 1.86. The van der Waals surface area contributed by atoms with Crippen molar-refractivity contribution in [1.82, 2.24) is 0 Å². The quantitative estimate of drug-likeness (QED) is 0.769. The van der Waals surface area contributed by atoms with Crippen LogP contribution in [0.5, 0.6) is 11.5 Å². The number of rotatable bonds is 2. The minimum absolute atomic E-state index is 0.226. The molecule has 0 amide bonds. The zero-order valence-corrected chi connectivity index (χ0v) is 7.84. The molecule has 3 N–H and O–H groups in total. The molecule has 14 heavy (non-hydrogen) atoms. The molecule has 0 aliphatic rings. The molecule has 0 saturated carbocycles. The molecule has 0 radical (unpaired) electrons. The Balaban J connectivity index is 3.45. The molecule has 78 valence electrons. The highest BCUT2D eigenvalue weighted by atomic mass is 19.1. The lowest BCUT2D eigenvalue weighted by Gasteiger charge is -2.12. The number of halogens is 2. The summed E-state index contributed by atoms with van der Waals surface area (Å²) in [6.07, 6.45) is 0. The molecule has 0 aromatic heterocycles. The predicted octanol–water partition coefficient (Wildman–Crippen LogP) is 1.70. The summed E-state index contributed by atoms with van der Waals surface area (Å²) >= 11 is 0. The van der Waals surface area contributed by atoms with E-state index < -0.39 is 23.4 Å². The van der Waals surface area contributed by atoms with E-state index in [9.17, 15) is 8.78 Å². The topological polar surface area (TPSA) is 55.5 Å². The second-order valence-corrected chi connectivity index (χ2v) is 2.93. The molecular formula is C9H11F2NO2. The fourth-order valence-corrected chi connectivity index (χ4v) is 1.17. The van der Waals surface area contributed by atoms with Crippen LogP contribution < -0.4 is 10.5 Å². The Kier molecular flexibility index (Phi) is 2.90. The number of hydrogen-bond donors (Lipinski definition) is 2. The van der Waals surface area contributed by atoms with Gasteiger partial charge in [-0.15, -0.1) is 0 Å². The van der Waals surface area contributed by atoms with Crippen molar-refractivity contribution in [2.75, 3.05) is 7.11 Å². The Morgan fingerprint density at radius 2 is 2.00 bits per heavy atom. The van der Waals surface area contributed by atoms with Crippen LogP contribution in [-0.4, -0.2) is 12.2 Å². The first kappa shape index (κ1) is 10.7. The fourth-order valence-electron chi connectivity index (χ4n) is 1.17. The molecule has 0 saturated heterocycles. The number of nitrogens with two attached hydrogens (primary N) is 1. The summed E-state index contributed by atoms with van der Waals surface area (Å²) in [7, 11) is 1.22. The van der Waals surface area contributed by atoms with Gasteiger partial charge in [-0.3, -0.25) is 0 Å². The Morgan fingerprint density at radius 3 is 2.43 bits per heavy atom. The summed E-state index contributed by atoms with van der Waals surface area (Å²) in [5, 5.41) is 9.11. The molecule has 3 nitrogen and oxygen atoms in total. The predicted molar refractivity (Wildman–Crippen MR) is 47.2 cm³/mol. The van der Waals surface area contributed by atoms with Gasteiger partial charge >= 0.3 is 0 Å². The molecular weight excluding hydrogens is 192 g/mol. The molecule has 0 bridgehead atoms. The molecule has 0 aliphatic heterocycles. The zero-order chi connectivity index (χ0) is 10.9. The van der Waals surface area contributed by atoms with Gasteiger partial charge in [-0.1, -0.05) is 0 Å². The molecule has 1 unspecified atom stereocenters. The van der Waals surface area contributed by atoms with Crippen molar-refractivity contribution in [3.05, 3.63) is 23.3 Å². The van der Waals surface area contributed by atoms with Crippen LogP contribution in [0, 0.1) is 11.6 Å². The first-order valence-corrected chi connectivity index (χ1v) is 3.99. The van der Waals surface area contributed by atoms with Crippen LogP contribution >= 0.6 is 0 Å². The summed E-state index contributed by atoms with van der Waals surface area (Å²) < 4.78 is 31.2. The maximum atomic E-state index is 13.4. The Bertz CT molecular complexity index is 353. The minimum atomic E-state index is -1.04. The van der Waals surface area contributed by atoms with Gasteiger partial charge in [0.2, 0.25) is 0 Å². The highest BCUT2D eigenvalue weighted by molar-refractivity contribution is 5.42. The average Bonchev–Trinajstić information content (AvgIpc) is 2.11. The van der Waals surface area contributed by atoms with Gasteiger partial charge in [-0.05, 0) is 6.92 Å². The van der Waals surface area contributed by atoms with Gasteiger partial charge in [0, 0.05) is 17.7 Å². The summed E-state index contributed by atoms with van der Waals surface area (Å²) in [5.74, 6) is -2.82. The van der Waals surface area contributed by atoms with E-state index in [1.807, 2.05) is 0 Å². The number of hydrogen-bond acceptors (Lipinski definition) is 3.